The molecule has 0 N–H and O–H groups in total. The number of nitrogens with zero attached hydrogens (tertiary/aromatic N) is 1. The van der Waals surface area contributed by atoms with Crippen molar-refractivity contribution in [2.24, 2.45) is 0 Å². The first kappa shape index (κ1) is 18.7. The molecule has 132 valence electrons. The van der Waals surface area contributed by atoms with E-state index in [9.17, 15) is 9.59 Å². The van der Waals surface area contributed by atoms with E-state index in [1.807, 2.05) is 63.2 Å². The van der Waals surface area contributed by atoms with E-state index in [1.54, 1.807) is 24.9 Å². The molecule has 0 atom stereocenters. The van der Waals surface area contributed by atoms with Crippen molar-refractivity contribution in [1.82, 2.24) is 4.90 Å². The number of ether oxygens (including phenoxy) is 1. The highest BCUT2D eigenvalue weighted by Gasteiger charge is 2.20. The Morgan fingerprint density at radius 1 is 1.04 bits per heavy atom. The van der Waals surface area contributed by atoms with Gasteiger partial charge < -0.3 is 9.64 Å². The third kappa shape index (κ3) is 5.18. The lowest BCUT2D eigenvalue weighted by molar-refractivity contribution is 0.0285. The number of carbonyl (C=O) groups excluding carboxylic acids is 2. The standard InChI is InChI=1S/C21H25NO3/c1-15(23)16-10-8-11-17(13-16)19-12-7-6-9-18(19)14-22(5)20(24)25-21(2,3)4/h6-13H,14H2,1-5H3. The molecule has 0 spiro atoms. The smallest absolute Gasteiger partial charge is 0.410 e. The third-order valence-electron chi connectivity index (χ3n) is 3.71. The van der Waals surface area contributed by atoms with Crippen LogP contribution in [0.4, 0.5) is 4.79 Å². The Labute approximate surface area is 149 Å². The average molecular weight is 339 g/mol. The number of rotatable bonds is 4. The predicted molar refractivity (Wildman–Crippen MR) is 99.6 cm³/mol. The zero-order valence-electron chi connectivity index (χ0n) is 15.5. The molecule has 2 rings (SSSR count). The number of amides is 1. The van der Waals surface area contributed by atoms with Crippen molar-refractivity contribution < 1.29 is 14.3 Å². The monoisotopic (exact) mass is 339 g/mol. The summed E-state index contributed by atoms with van der Waals surface area (Å²) in [6.45, 7) is 7.52. The maximum atomic E-state index is 12.2. The Morgan fingerprint density at radius 3 is 2.36 bits per heavy atom. The van der Waals surface area contributed by atoms with Gasteiger partial charge in [0.1, 0.15) is 5.60 Å². The molecule has 0 aliphatic heterocycles. The Balaban J connectivity index is 2.28. The molecule has 25 heavy (non-hydrogen) atoms. The highest BCUT2D eigenvalue weighted by Crippen LogP contribution is 2.26. The second-order valence-corrected chi connectivity index (χ2v) is 7.13. The zero-order valence-corrected chi connectivity index (χ0v) is 15.5. The molecule has 0 heterocycles. The van der Waals surface area contributed by atoms with Crippen molar-refractivity contribution >= 4 is 11.9 Å². The molecular formula is C21H25NO3. The van der Waals surface area contributed by atoms with Gasteiger partial charge in [0.25, 0.3) is 0 Å². The van der Waals surface area contributed by atoms with Gasteiger partial charge in [0.2, 0.25) is 0 Å². The molecule has 0 aliphatic carbocycles. The van der Waals surface area contributed by atoms with Crippen molar-refractivity contribution in [3.63, 3.8) is 0 Å². The van der Waals surface area contributed by atoms with Crippen LogP contribution in [0, 0.1) is 0 Å². The zero-order chi connectivity index (χ0) is 18.6. The van der Waals surface area contributed by atoms with Crippen LogP contribution in [-0.2, 0) is 11.3 Å². The van der Waals surface area contributed by atoms with Gasteiger partial charge in [-0.25, -0.2) is 4.79 Å². The molecular weight excluding hydrogens is 314 g/mol. The van der Waals surface area contributed by atoms with E-state index in [-0.39, 0.29) is 11.9 Å². The van der Waals surface area contributed by atoms with Gasteiger partial charge in [-0.15, -0.1) is 0 Å². The molecule has 2 aromatic carbocycles. The lowest BCUT2D eigenvalue weighted by Crippen LogP contribution is -2.33. The van der Waals surface area contributed by atoms with Gasteiger partial charge in [-0.05, 0) is 50.5 Å². The lowest BCUT2D eigenvalue weighted by atomic mass is 9.97. The van der Waals surface area contributed by atoms with E-state index in [0.29, 0.717) is 12.1 Å². The second-order valence-electron chi connectivity index (χ2n) is 7.13. The summed E-state index contributed by atoms with van der Waals surface area (Å²) in [5.41, 5.74) is 3.10. The van der Waals surface area contributed by atoms with Crippen molar-refractivity contribution in [3.05, 3.63) is 59.7 Å². The summed E-state index contributed by atoms with van der Waals surface area (Å²) < 4.78 is 5.41. The van der Waals surface area contributed by atoms with Gasteiger partial charge in [-0.1, -0.05) is 42.5 Å². The Bertz CT molecular complexity index is 775. The number of hydrogen-bond donors (Lipinski definition) is 0. The van der Waals surface area contributed by atoms with Gasteiger partial charge in [0.05, 0.1) is 0 Å². The summed E-state index contributed by atoms with van der Waals surface area (Å²) in [4.78, 5) is 25.4. The quantitative estimate of drug-likeness (QED) is 0.743. The van der Waals surface area contributed by atoms with Crippen molar-refractivity contribution in [2.45, 2.75) is 39.8 Å². The summed E-state index contributed by atoms with van der Waals surface area (Å²) in [5, 5.41) is 0. The maximum Gasteiger partial charge on any atom is 0.410 e. The number of carbonyl (C=O) groups is 2. The number of ketones is 1. The molecule has 4 heteroatoms. The van der Waals surface area contributed by atoms with E-state index < -0.39 is 5.60 Å². The molecule has 2 aromatic rings. The van der Waals surface area contributed by atoms with Gasteiger partial charge >= 0.3 is 6.09 Å². The van der Waals surface area contributed by atoms with Crippen LogP contribution in [-0.4, -0.2) is 29.4 Å². The fourth-order valence-electron chi connectivity index (χ4n) is 2.51. The minimum absolute atomic E-state index is 0.0326. The van der Waals surface area contributed by atoms with Crippen LogP contribution in [0.2, 0.25) is 0 Å². The third-order valence-corrected chi connectivity index (χ3v) is 3.71. The van der Waals surface area contributed by atoms with Crippen LogP contribution in [0.15, 0.2) is 48.5 Å². The summed E-state index contributed by atoms with van der Waals surface area (Å²) in [7, 11) is 1.72. The van der Waals surface area contributed by atoms with E-state index in [2.05, 4.69) is 0 Å². The van der Waals surface area contributed by atoms with Crippen LogP contribution >= 0.6 is 0 Å². The molecule has 0 bridgehead atoms. The summed E-state index contributed by atoms with van der Waals surface area (Å²) in [6.07, 6.45) is -0.361. The minimum Gasteiger partial charge on any atom is -0.444 e. The van der Waals surface area contributed by atoms with E-state index >= 15 is 0 Å². The van der Waals surface area contributed by atoms with Crippen LogP contribution < -0.4 is 0 Å². The minimum atomic E-state index is -0.527. The van der Waals surface area contributed by atoms with Crippen molar-refractivity contribution in [3.8, 4) is 11.1 Å². The van der Waals surface area contributed by atoms with Crippen molar-refractivity contribution in [2.75, 3.05) is 7.05 Å². The highest BCUT2D eigenvalue weighted by atomic mass is 16.6. The van der Waals surface area contributed by atoms with E-state index in [1.165, 1.54) is 0 Å². The summed E-state index contributed by atoms with van der Waals surface area (Å²) in [5.74, 6) is 0.0326. The summed E-state index contributed by atoms with van der Waals surface area (Å²) >= 11 is 0. The Hall–Kier alpha value is -2.62. The molecule has 1 amide bonds. The Morgan fingerprint density at radius 2 is 1.72 bits per heavy atom. The van der Waals surface area contributed by atoms with Gasteiger partial charge in [0.15, 0.2) is 5.78 Å². The largest absolute Gasteiger partial charge is 0.444 e. The molecule has 0 saturated carbocycles. The lowest BCUT2D eigenvalue weighted by Gasteiger charge is -2.25. The number of benzene rings is 2. The molecule has 0 aromatic heterocycles. The molecule has 4 nitrogen and oxygen atoms in total. The SMILES string of the molecule is CC(=O)c1cccc(-c2ccccc2CN(C)C(=O)OC(C)(C)C)c1. The first-order chi connectivity index (χ1) is 11.7. The van der Waals surface area contributed by atoms with Crippen molar-refractivity contribution in [1.29, 1.82) is 0 Å². The topological polar surface area (TPSA) is 46.6 Å². The number of hydrogen-bond acceptors (Lipinski definition) is 3. The van der Waals surface area contributed by atoms with Crippen LogP contribution in [0.25, 0.3) is 11.1 Å². The van der Waals surface area contributed by atoms with Crippen LogP contribution in [0.5, 0.6) is 0 Å². The average Bonchev–Trinajstić information content (AvgIpc) is 2.54. The predicted octanol–water partition coefficient (Wildman–Crippen LogP) is 4.92. The van der Waals surface area contributed by atoms with E-state index in [4.69, 9.17) is 4.74 Å². The Kier molecular flexibility index (Phi) is 5.62. The summed E-state index contributed by atoms with van der Waals surface area (Å²) in [6, 6.07) is 15.4. The van der Waals surface area contributed by atoms with E-state index in [0.717, 1.165) is 16.7 Å². The fraction of sp³-hybridized carbons (Fsp3) is 0.333. The molecule has 0 unspecified atom stereocenters. The van der Waals surface area contributed by atoms with Gasteiger partial charge in [-0.2, -0.15) is 0 Å². The normalized spacial score (nSPS) is 11.1. The first-order valence-corrected chi connectivity index (χ1v) is 8.31. The van der Waals surface area contributed by atoms with Crippen LogP contribution in [0.3, 0.4) is 0 Å². The molecule has 0 fully saturated rings. The number of Topliss-reactive ketones (excluding diaryl/α,β-unsaturated/α-hetero) is 1. The first-order valence-electron chi connectivity index (χ1n) is 8.31. The van der Waals surface area contributed by atoms with Gasteiger partial charge in [0, 0.05) is 19.2 Å². The second kappa shape index (κ2) is 7.51. The molecule has 0 radical (unpaired) electrons. The fourth-order valence-corrected chi connectivity index (χ4v) is 2.51. The maximum absolute atomic E-state index is 12.2. The molecule has 0 aliphatic rings. The highest BCUT2D eigenvalue weighted by molar-refractivity contribution is 5.95. The van der Waals surface area contributed by atoms with Crippen LogP contribution in [0.1, 0.15) is 43.6 Å². The molecule has 0 saturated heterocycles. The van der Waals surface area contributed by atoms with Gasteiger partial charge in [-0.3, -0.25) is 4.79 Å².